The van der Waals surface area contributed by atoms with Crippen molar-refractivity contribution in [3.63, 3.8) is 0 Å². The van der Waals surface area contributed by atoms with E-state index in [4.69, 9.17) is 0 Å². The predicted octanol–water partition coefficient (Wildman–Crippen LogP) is 5.15. The van der Waals surface area contributed by atoms with Gasteiger partial charge in [-0.1, -0.05) is 37.5 Å². The molecular formula is C26H30N4O2. The Morgan fingerprint density at radius 1 is 0.875 bits per heavy atom. The molecule has 0 unspecified atom stereocenters. The van der Waals surface area contributed by atoms with E-state index in [-0.39, 0.29) is 17.7 Å². The minimum absolute atomic E-state index is 0.0672. The number of hydrogen-bond donors (Lipinski definition) is 1. The van der Waals surface area contributed by atoms with Gasteiger partial charge in [0.05, 0.1) is 23.0 Å². The smallest absolute Gasteiger partial charge is 0.257 e. The summed E-state index contributed by atoms with van der Waals surface area (Å²) in [5.41, 5.74) is 4.22. The molecule has 1 aliphatic carbocycles. The maximum Gasteiger partial charge on any atom is 0.257 e. The number of anilines is 1. The van der Waals surface area contributed by atoms with Gasteiger partial charge in [-0.2, -0.15) is 5.10 Å². The van der Waals surface area contributed by atoms with Gasteiger partial charge in [-0.15, -0.1) is 0 Å². The van der Waals surface area contributed by atoms with E-state index in [0.717, 1.165) is 74.1 Å². The molecule has 1 saturated heterocycles. The molecular weight excluding hydrogens is 400 g/mol. The number of carbonyl (C=O) groups is 2. The van der Waals surface area contributed by atoms with Crippen LogP contribution in [0.5, 0.6) is 0 Å². The molecule has 0 atom stereocenters. The molecule has 3 aromatic rings. The maximum atomic E-state index is 13.0. The van der Waals surface area contributed by atoms with Crippen LogP contribution >= 0.6 is 0 Å². The zero-order valence-corrected chi connectivity index (χ0v) is 18.4. The molecule has 2 fully saturated rings. The third-order valence-corrected chi connectivity index (χ3v) is 6.84. The summed E-state index contributed by atoms with van der Waals surface area (Å²) in [5.74, 6) is 0.335. The fourth-order valence-corrected chi connectivity index (χ4v) is 5.00. The SMILES string of the molecule is O=C(Nc1ccc(-c2cccc3c(C(=O)N4CCCCC4)cnn23)cc1)C1CCCCC1. The number of carbonyl (C=O) groups excluding carboxylic acids is 2. The molecule has 0 bridgehead atoms. The van der Waals surface area contributed by atoms with Crippen LogP contribution in [0.15, 0.2) is 48.7 Å². The van der Waals surface area contributed by atoms with Gasteiger partial charge in [0.1, 0.15) is 0 Å². The van der Waals surface area contributed by atoms with Gasteiger partial charge >= 0.3 is 0 Å². The van der Waals surface area contributed by atoms with Crippen LogP contribution in [-0.4, -0.2) is 39.4 Å². The van der Waals surface area contributed by atoms with Crippen LogP contribution in [0.3, 0.4) is 0 Å². The standard InChI is InChI=1S/C26H30N4O2/c31-25(20-8-3-1-4-9-20)28-21-14-12-19(13-15-21)23-10-7-11-24-22(18-27-30(23)24)26(32)29-16-5-2-6-17-29/h7,10-15,18,20H,1-6,8-9,16-17H2,(H,28,31). The molecule has 166 valence electrons. The summed E-state index contributed by atoms with van der Waals surface area (Å²) in [4.78, 5) is 27.5. The number of pyridine rings is 1. The van der Waals surface area contributed by atoms with E-state index in [1.807, 2.05) is 51.9 Å². The average molecular weight is 431 g/mol. The third-order valence-electron chi connectivity index (χ3n) is 6.84. The van der Waals surface area contributed by atoms with Crippen molar-refractivity contribution < 1.29 is 9.59 Å². The lowest BCUT2D eigenvalue weighted by atomic mass is 9.88. The second-order valence-electron chi connectivity index (χ2n) is 9.02. The number of benzene rings is 1. The average Bonchev–Trinajstić information content (AvgIpc) is 3.29. The number of likely N-dealkylation sites (tertiary alicyclic amines) is 1. The highest BCUT2D eigenvalue weighted by atomic mass is 16.2. The van der Waals surface area contributed by atoms with Crippen molar-refractivity contribution in [2.75, 3.05) is 18.4 Å². The summed E-state index contributed by atoms with van der Waals surface area (Å²) < 4.78 is 1.84. The fraction of sp³-hybridized carbons (Fsp3) is 0.423. The van der Waals surface area contributed by atoms with Crippen molar-refractivity contribution in [3.8, 4) is 11.3 Å². The molecule has 2 aliphatic rings. The number of nitrogens with one attached hydrogen (secondary N) is 1. The number of amides is 2. The van der Waals surface area contributed by atoms with Gasteiger partial charge in [0.15, 0.2) is 0 Å². The van der Waals surface area contributed by atoms with E-state index in [2.05, 4.69) is 10.4 Å². The Morgan fingerprint density at radius 2 is 1.59 bits per heavy atom. The van der Waals surface area contributed by atoms with Crippen LogP contribution in [0.2, 0.25) is 0 Å². The predicted molar refractivity (Wildman–Crippen MR) is 126 cm³/mol. The van der Waals surface area contributed by atoms with Crippen molar-refractivity contribution in [2.45, 2.75) is 51.4 Å². The van der Waals surface area contributed by atoms with E-state index in [9.17, 15) is 9.59 Å². The number of hydrogen-bond acceptors (Lipinski definition) is 3. The topological polar surface area (TPSA) is 66.7 Å². The fourth-order valence-electron chi connectivity index (χ4n) is 5.00. The normalized spacial score (nSPS) is 17.4. The maximum absolute atomic E-state index is 13.0. The van der Waals surface area contributed by atoms with Crippen molar-refractivity contribution in [1.82, 2.24) is 14.5 Å². The first-order valence-corrected chi connectivity index (χ1v) is 11.9. The molecule has 0 radical (unpaired) electrons. The van der Waals surface area contributed by atoms with Gasteiger partial charge in [0, 0.05) is 30.3 Å². The zero-order valence-electron chi connectivity index (χ0n) is 18.4. The van der Waals surface area contributed by atoms with Crippen LogP contribution in [0.4, 0.5) is 5.69 Å². The van der Waals surface area contributed by atoms with Crippen molar-refractivity contribution in [2.24, 2.45) is 5.92 Å². The van der Waals surface area contributed by atoms with E-state index in [0.29, 0.717) is 5.56 Å². The minimum Gasteiger partial charge on any atom is -0.339 e. The van der Waals surface area contributed by atoms with Gasteiger partial charge in [-0.05, 0) is 56.4 Å². The lowest BCUT2D eigenvalue weighted by Gasteiger charge is -2.26. The first-order valence-electron chi connectivity index (χ1n) is 11.9. The van der Waals surface area contributed by atoms with Crippen LogP contribution in [0.1, 0.15) is 61.7 Å². The summed E-state index contributed by atoms with van der Waals surface area (Å²) in [7, 11) is 0. The quantitative estimate of drug-likeness (QED) is 0.623. The molecule has 1 aliphatic heterocycles. The van der Waals surface area contributed by atoms with Crippen LogP contribution < -0.4 is 5.32 Å². The molecule has 2 amide bonds. The molecule has 6 heteroatoms. The molecule has 1 saturated carbocycles. The molecule has 1 N–H and O–H groups in total. The van der Waals surface area contributed by atoms with Gasteiger partial charge in [-0.3, -0.25) is 9.59 Å². The van der Waals surface area contributed by atoms with Crippen molar-refractivity contribution >= 4 is 23.0 Å². The summed E-state index contributed by atoms with van der Waals surface area (Å²) in [6, 6.07) is 13.8. The molecule has 3 heterocycles. The highest BCUT2D eigenvalue weighted by Gasteiger charge is 2.23. The Hall–Kier alpha value is -3.15. The molecule has 32 heavy (non-hydrogen) atoms. The first kappa shape index (κ1) is 20.7. The zero-order chi connectivity index (χ0) is 21.9. The van der Waals surface area contributed by atoms with Crippen molar-refractivity contribution in [3.05, 3.63) is 54.2 Å². The number of piperidine rings is 1. The lowest BCUT2D eigenvalue weighted by Crippen LogP contribution is -2.35. The van der Waals surface area contributed by atoms with Gasteiger partial charge < -0.3 is 10.2 Å². The Balaban J connectivity index is 1.36. The Bertz CT molecular complexity index is 1110. The Morgan fingerprint density at radius 3 is 2.34 bits per heavy atom. The van der Waals surface area contributed by atoms with Gasteiger partial charge in [0.25, 0.3) is 5.91 Å². The number of rotatable bonds is 4. The Kier molecular flexibility index (Phi) is 5.93. The third kappa shape index (κ3) is 4.14. The van der Waals surface area contributed by atoms with Crippen LogP contribution in [-0.2, 0) is 4.79 Å². The van der Waals surface area contributed by atoms with Crippen LogP contribution in [0, 0.1) is 5.92 Å². The van der Waals surface area contributed by atoms with E-state index in [1.54, 1.807) is 6.20 Å². The summed E-state index contributed by atoms with van der Waals surface area (Å²) in [5, 5.41) is 7.61. The van der Waals surface area contributed by atoms with E-state index in [1.165, 1.54) is 12.8 Å². The second kappa shape index (κ2) is 9.15. The first-order chi connectivity index (χ1) is 15.7. The molecule has 5 rings (SSSR count). The summed E-state index contributed by atoms with van der Waals surface area (Å²) in [6.45, 7) is 1.65. The van der Waals surface area contributed by atoms with Crippen molar-refractivity contribution in [1.29, 1.82) is 0 Å². The molecule has 1 aromatic carbocycles. The summed E-state index contributed by atoms with van der Waals surface area (Å²) in [6.07, 6.45) is 10.5. The molecule has 0 spiro atoms. The van der Waals surface area contributed by atoms with E-state index >= 15 is 0 Å². The highest BCUT2D eigenvalue weighted by molar-refractivity contribution is 6.01. The monoisotopic (exact) mass is 430 g/mol. The highest BCUT2D eigenvalue weighted by Crippen LogP contribution is 2.27. The largest absolute Gasteiger partial charge is 0.339 e. The number of nitrogens with zero attached hydrogens (tertiary/aromatic N) is 3. The molecule has 2 aromatic heterocycles. The number of fused-ring (bicyclic) bond motifs is 1. The van der Waals surface area contributed by atoms with E-state index < -0.39 is 0 Å². The van der Waals surface area contributed by atoms with Crippen LogP contribution in [0.25, 0.3) is 16.8 Å². The second-order valence-corrected chi connectivity index (χ2v) is 9.02. The molecule has 6 nitrogen and oxygen atoms in total. The summed E-state index contributed by atoms with van der Waals surface area (Å²) >= 11 is 0. The van der Waals surface area contributed by atoms with Gasteiger partial charge in [-0.25, -0.2) is 4.52 Å². The minimum atomic E-state index is 0.0672. The lowest BCUT2D eigenvalue weighted by molar-refractivity contribution is -0.120. The van der Waals surface area contributed by atoms with Gasteiger partial charge in [0.2, 0.25) is 5.91 Å². The number of aromatic nitrogens is 2. The Labute approximate surface area is 188 Å².